The van der Waals surface area contributed by atoms with Crippen LogP contribution >= 0.6 is 0 Å². The van der Waals surface area contributed by atoms with Gasteiger partial charge in [-0.3, -0.25) is 4.90 Å². The van der Waals surface area contributed by atoms with Gasteiger partial charge >= 0.3 is 26.4 Å². The second kappa shape index (κ2) is 26.1. The van der Waals surface area contributed by atoms with Gasteiger partial charge in [-0.2, -0.15) is 0 Å². The Kier molecular flexibility index (Phi) is 26.1. The number of rotatable bonds is 32. The molecule has 0 saturated carbocycles. The first-order chi connectivity index (χ1) is 21.1. The normalized spacial score (nSPS) is 14.5. The summed E-state index contributed by atoms with van der Waals surface area (Å²) >= 11 is 0. The molecule has 3 N–H and O–H groups in total. The number of aliphatic hydroxyl groups excluding tert-OH is 2. The number of ether oxygens (including phenoxy) is 2. The summed E-state index contributed by atoms with van der Waals surface area (Å²) < 4.78 is 60.5. The van der Waals surface area contributed by atoms with E-state index in [1.165, 1.54) is 0 Å². The van der Waals surface area contributed by atoms with Crippen molar-refractivity contribution in [3.8, 4) is 0 Å². The standard InChI is InChI=1S/C26H62N2O13Si3/c1-31-42(32-2,33-3)18-10-13-27-14-15-28(21-25(29)23-40-16-11-19-43(34-4,35-5)36-6)22-26(30)24-41-17-12-20-44(37-7,38-8)39-9/h25-27,29-30H,10-24H2,1-9H3. The minimum Gasteiger partial charge on any atom is -0.389 e. The Morgan fingerprint density at radius 3 is 1.20 bits per heavy atom. The molecule has 0 aliphatic carbocycles. The van der Waals surface area contributed by atoms with Crippen LogP contribution < -0.4 is 5.32 Å². The van der Waals surface area contributed by atoms with Gasteiger partial charge in [0.2, 0.25) is 0 Å². The molecule has 18 heteroatoms. The first kappa shape index (κ1) is 44.1. The third-order valence-corrected chi connectivity index (χ3v) is 15.8. The van der Waals surface area contributed by atoms with Crippen LogP contribution in [0.1, 0.15) is 19.3 Å². The molecule has 266 valence electrons. The molecule has 15 nitrogen and oxygen atoms in total. The monoisotopic (exact) mass is 694 g/mol. The quantitative estimate of drug-likeness (QED) is 0.0658. The molecule has 0 aromatic rings. The number of hydrogen-bond acceptors (Lipinski definition) is 15. The second-order valence-corrected chi connectivity index (χ2v) is 19.4. The lowest BCUT2D eigenvalue weighted by atomic mass is 10.2. The van der Waals surface area contributed by atoms with E-state index in [1.807, 2.05) is 4.90 Å². The topological polar surface area (TPSA) is 157 Å². The van der Waals surface area contributed by atoms with Gasteiger partial charge in [-0.25, -0.2) is 0 Å². The molecule has 0 aromatic heterocycles. The van der Waals surface area contributed by atoms with Crippen molar-refractivity contribution >= 4 is 26.4 Å². The van der Waals surface area contributed by atoms with E-state index in [1.54, 1.807) is 64.0 Å². The molecule has 0 rings (SSSR count). The van der Waals surface area contributed by atoms with Gasteiger partial charge < -0.3 is 64.8 Å². The van der Waals surface area contributed by atoms with Crippen LogP contribution in [0.25, 0.3) is 0 Å². The van der Waals surface area contributed by atoms with Gasteiger partial charge in [0.25, 0.3) is 0 Å². The highest BCUT2D eigenvalue weighted by atomic mass is 28.4. The Morgan fingerprint density at radius 1 is 0.523 bits per heavy atom. The first-order valence-corrected chi connectivity index (χ1v) is 20.8. The molecule has 0 bridgehead atoms. The average Bonchev–Trinajstić information content (AvgIpc) is 3.05. The van der Waals surface area contributed by atoms with E-state index in [0.717, 1.165) is 13.0 Å². The van der Waals surface area contributed by atoms with Crippen molar-refractivity contribution in [2.45, 2.75) is 49.6 Å². The molecule has 2 atom stereocenters. The molecule has 0 amide bonds. The molecule has 0 saturated heterocycles. The molecular formula is C26H62N2O13Si3. The third kappa shape index (κ3) is 17.8. The van der Waals surface area contributed by atoms with Crippen LogP contribution in [0.4, 0.5) is 0 Å². The predicted octanol–water partition coefficient (Wildman–Crippen LogP) is 0.438. The molecule has 0 spiro atoms. The van der Waals surface area contributed by atoms with Gasteiger partial charge in [-0.15, -0.1) is 0 Å². The Bertz CT molecular complexity index is 604. The van der Waals surface area contributed by atoms with Gasteiger partial charge in [0.15, 0.2) is 0 Å². The van der Waals surface area contributed by atoms with E-state index in [2.05, 4.69) is 5.32 Å². The molecule has 0 fully saturated rings. The lowest BCUT2D eigenvalue weighted by Gasteiger charge is -2.28. The van der Waals surface area contributed by atoms with E-state index in [4.69, 9.17) is 49.3 Å². The summed E-state index contributed by atoms with van der Waals surface area (Å²) in [6.45, 7) is 3.91. The Morgan fingerprint density at radius 2 is 0.864 bits per heavy atom. The minimum absolute atomic E-state index is 0.167. The van der Waals surface area contributed by atoms with Gasteiger partial charge in [-0.05, 0) is 25.8 Å². The Labute approximate surface area is 268 Å². The van der Waals surface area contributed by atoms with E-state index < -0.39 is 38.6 Å². The van der Waals surface area contributed by atoms with Crippen LogP contribution in [0.15, 0.2) is 0 Å². The van der Waals surface area contributed by atoms with Gasteiger partial charge in [0.05, 0.1) is 25.4 Å². The highest BCUT2D eigenvalue weighted by Crippen LogP contribution is 2.16. The smallest absolute Gasteiger partial charge is 0.389 e. The molecule has 0 aliphatic rings. The Balaban J connectivity index is 4.76. The third-order valence-electron chi connectivity index (χ3n) is 7.34. The lowest BCUT2D eigenvalue weighted by Crippen LogP contribution is -2.45. The van der Waals surface area contributed by atoms with Crippen molar-refractivity contribution in [3.05, 3.63) is 0 Å². The summed E-state index contributed by atoms with van der Waals surface area (Å²) in [5.74, 6) is 0. The number of hydrogen-bond donors (Lipinski definition) is 3. The van der Waals surface area contributed by atoms with Gasteiger partial charge in [0.1, 0.15) is 0 Å². The number of aliphatic hydroxyl groups is 2. The summed E-state index contributed by atoms with van der Waals surface area (Å²) in [6, 6.07) is 1.93. The minimum atomic E-state index is -2.65. The van der Waals surface area contributed by atoms with Crippen molar-refractivity contribution in [2.75, 3.05) is 123 Å². The highest BCUT2D eigenvalue weighted by molar-refractivity contribution is 6.61. The second-order valence-electron chi connectivity index (χ2n) is 10.2. The summed E-state index contributed by atoms with van der Waals surface area (Å²) in [5.41, 5.74) is 0. The van der Waals surface area contributed by atoms with E-state index in [0.29, 0.717) is 70.4 Å². The Hall–Kier alpha value is 0.0506. The lowest BCUT2D eigenvalue weighted by molar-refractivity contribution is -0.0103. The van der Waals surface area contributed by atoms with Crippen molar-refractivity contribution < 1.29 is 59.5 Å². The molecule has 0 aliphatic heterocycles. The molecule has 2 unspecified atom stereocenters. The average molecular weight is 695 g/mol. The van der Waals surface area contributed by atoms with Crippen molar-refractivity contribution in [3.63, 3.8) is 0 Å². The fraction of sp³-hybridized carbons (Fsp3) is 1.00. The number of nitrogens with one attached hydrogen (secondary N) is 1. The summed E-state index contributed by atoms with van der Waals surface area (Å²) in [6.07, 6.45) is 0.724. The zero-order chi connectivity index (χ0) is 33.3. The van der Waals surface area contributed by atoms with Crippen LogP contribution in [-0.4, -0.2) is 177 Å². The maximum absolute atomic E-state index is 10.7. The first-order valence-electron chi connectivity index (χ1n) is 15.0. The molecular weight excluding hydrogens is 633 g/mol. The van der Waals surface area contributed by atoms with Crippen molar-refractivity contribution in [2.24, 2.45) is 0 Å². The van der Waals surface area contributed by atoms with Crippen LogP contribution in [0.5, 0.6) is 0 Å². The predicted molar refractivity (Wildman–Crippen MR) is 172 cm³/mol. The van der Waals surface area contributed by atoms with Gasteiger partial charge in [0, 0.05) is 122 Å². The van der Waals surface area contributed by atoms with Crippen molar-refractivity contribution in [1.82, 2.24) is 10.2 Å². The fourth-order valence-corrected chi connectivity index (χ4v) is 9.74. The maximum Gasteiger partial charge on any atom is 0.500 e. The highest BCUT2D eigenvalue weighted by Gasteiger charge is 2.38. The van der Waals surface area contributed by atoms with Crippen LogP contribution in [0.2, 0.25) is 18.1 Å². The molecule has 0 heterocycles. The summed E-state index contributed by atoms with van der Waals surface area (Å²) in [5, 5.41) is 24.8. The largest absolute Gasteiger partial charge is 0.500 e. The van der Waals surface area contributed by atoms with Crippen LogP contribution in [-0.2, 0) is 49.3 Å². The zero-order valence-electron chi connectivity index (χ0n) is 28.6. The SMILES string of the molecule is CO[Si](CCCNCCN(CC(O)COCCC[Si](OC)(OC)OC)CC(O)COCCC[Si](OC)(OC)OC)(OC)OC. The van der Waals surface area contributed by atoms with Crippen molar-refractivity contribution in [1.29, 1.82) is 0 Å². The van der Waals surface area contributed by atoms with E-state index in [-0.39, 0.29) is 13.2 Å². The van der Waals surface area contributed by atoms with Gasteiger partial charge in [-0.1, -0.05) is 0 Å². The van der Waals surface area contributed by atoms with E-state index >= 15 is 0 Å². The van der Waals surface area contributed by atoms with Crippen LogP contribution in [0, 0.1) is 0 Å². The molecule has 0 aromatic carbocycles. The maximum atomic E-state index is 10.7. The zero-order valence-corrected chi connectivity index (χ0v) is 31.6. The molecule has 0 radical (unpaired) electrons. The summed E-state index contributed by atoms with van der Waals surface area (Å²) in [4.78, 5) is 2.00. The van der Waals surface area contributed by atoms with Crippen LogP contribution in [0.3, 0.4) is 0 Å². The molecule has 44 heavy (non-hydrogen) atoms. The van der Waals surface area contributed by atoms with E-state index in [9.17, 15) is 10.2 Å². The number of nitrogens with zero attached hydrogens (tertiary/aromatic N) is 1. The summed E-state index contributed by atoms with van der Waals surface area (Å²) in [7, 11) is 6.41. The fourth-order valence-electron chi connectivity index (χ4n) is 4.64.